The van der Waals surface area contributed by atoms with E-state index in [2.05, 4.69) is 22.2 Å². The number of nitrogens with zero attached hydrogens (tertiary/aromatic N) is 2. The van der Waals surface area contributed by atoms with Crippen LogP contribution < -0.4 is 10.1 Å². The molecule has 116 valence electrons. The second-order valence-electron chi connectivity index (χ2n) is 5.48. The number of methoxy groups -OCH3 is 1. The summed E-state index contributed by atoms with van der Waals surface area (Å²) in [5.41, 5.74) is -0.190. The van der Waals surface area contributed by atoms with E-state index in [1.807, 2.05) is 25.3 Å². The van der Waals surface area contributed by atoms with Crippen molar-refractivity contribution in [3.63, 3.8) is 0 Å². The van der Waals surface area contributed by atoms with Crippen molar-refractivity contribution in [2.75, 3.05) is 25.6 Å². The molecule has 0 unspecified atom stereocenters. The Morgan fingerprint density at radius 2 is 2.14 bits per heavy atom. The van der Waals surface area contributed by atoms with E-state index >= 15 is 0 Å². The number of hydrogen-bond donors (Lipinski definition) is 1. The molecule has 0 aliphatic carbocycles. The van der Waals surface area contributed by atoms with Crippen LogP contribution >= 0.6 is 11.3 Å². The predicted octanol–water partition coefficient (Wildman–Crippen LogP) is 3.71. The Hall–Kier alpha value is -1.40. The zero-order chi connectivity index (χ0) is 15.3. The number of hydrogen-bond acceptors (Lipinski definition) is 6. The van der Waals surface area contributed by atoms with Gasteiger partial charge in [0.05, 0.1) is 17.6 Å². The van der Waals surface area contributed by atoms with E-state index in [-0.39, 0.29) is 5.60 Å². The van der Waals surface area contributed by atoms with Crippen molar-refractivity contribution in [1.82, 2.24) is 9.97 Å². The zero-order valence-corrected chi connectivity index (χ0v) is 13.9. The van der Waals surface area contributed by atoms with Crippen LogP contribution in [0, 0.1) is 0 Å². The minimum atomic E-state index is -0.190. The van der Waals surface area contributed by atoms with E-state index < -0.39 is 0 Å². The molecular weight excluding hydrogens is 286 g/mol. The SMILES string of the molecule is CCCNc1nc(OCCC(C)(C)OC)c2ccsc2n1. The summed E-state index contributed by atoms with van der Waals surface area (Å²) in [7, 11) is 1.72. The van der Waals surface area contributed by atoms with Crippen molar-refractivity contribution < 1.29 is 9.47 Å². The first-order chi connectivity index (χ1) is 10.1. The van der Waals surface area contributed by atoms with Gasteiger partial charge in [-0.25, -0.2) is 4.98 Å². The van der Waals surface area contributed by atoms with Crippen molar-refractivity contribution in [3.8, 4) is 5.88 Å². The Labute approximate surface area is 129 Å². The number of fused-ring (bicyclic) bond motifs is 1. The molecule has 2 heterocycles. The molecular formula is C15H23N3O2S. The second-order valence-corrected chi connectivity index (χ2v) is 6.38. The molecule has 2 aromatic heterocycles. The number of thiophene rings is 1. The summed E-state index contributed by atoms with van der Waals surface area (Å²) in [5, 5.41) is 6.19. The van der Waals surface area contributed by atoms with Gasteiger partial charge in [0, 0.05) is 20.1 Å². The normalized spacial score (nSPS) is 11.8. The van der Waals surface area contributed by atoms with Crippen LogP contribution in [-0.4, -0.2) is 35.8 Å². The quantitative estimate of drug-likeness (QED) is 0.805. The molecule has 6 heteroatoms. The smallest absolute Gasteiger partial charge is 0.227 e. The fourth-order valence-corrected chi connectivity index (χ4v) is 2.50. The van der Waals surface area contributed by atoms with Gasteiger partial charge in [0.25, 0.3) is 0 Å². The third kappa shape index (κ3) is 4.28. The Morgan fingerprint density at radius 1 is 1.33 bits per heavy atom. The van der Waals surface area contributed by atoms with Crippen LogP contribution in [0.5, 0.6) is 5.88 Å². The molecule has 1 N–H and O–H groups in total. The summed E-state index contributed by atoms with van der Waals surface area (Å²) < 4.78 is 11.3. The Morgan fingerprint density at radius 3 is 2.86 bits per heavy atom. The molecule has 5 nitrogen and oxygen atoms in total. The first kappa shape index (κ1) is 16.0. The van der Waals surface area contributed by atoms with E-state index in [4.69, 9.17) is 9.47 Å². The number of rotatable bonds is 8. The van der Waals surface area contributed by atoms with Crippen molar-refractivity contribution >= 4 is 27.5 Å². The Balaban J connectivity index is 2.11. The lowest BCUT2D eigenvalue weighted by Gasteiger charge is -2.22. The molecule has 2 aromatic rings. The fraction of sp³-hybridized carbons (Fsp3) is 0.600. The average molecular weight is 309 g/mol. The summed E-state index contributed by atoms with van der Waals surface area (Å²) in [5.74, 6) is 1.28. The van der Waals surface area contributed by atoms with Crippen molar-refractivity contribution in [2.24, 2.45) is 0 Å². The zero-order valence-electron chi connectivity index (χ0n) is 13.1. The molecule has 0 aromatic carbocycles. The average Bonchev–Trinajstić information content (AvgIpc) is 2.93. The number of nitrogens with one attached hydrogen (secondary N) is 1. The molecule has 0 bridgehead atoms. The Kier molecular flexibility index (Phi) is 5.36. The van der Waals surface area contributed by atoms with Gasteiger partial charge in [-0.2, -0.15) is 4.98 Å². The van der Waals surface area contributed by atoms with Gasteiger partial charge in [-0.15, -0.1) is 11.3 Å². The highest BCUT2D eigenvalue weighted by atomic mass is 32.1. The van der Waals surface area contributed by atoms with Gasteiger partial charge in [-0.1, -0.05) is 6.92 Å². The highest BCUT2D eigenvalue weighted by Gasteiger charge is 2.17. The summed E-state index contributed by atoms with van der Waals surface area (Å²) in [6, 6.07) is 2.00. The largest absolute Gasteiger partial charge is 0.477 e. The van der Waals surface area contributed by atoms with Gasteiger partial charge in [0.15, 0.2) is 0 Å². The third-order valence-electron chi connectivity index (χ3n) is 3.32. The molecule has 0 aliphatic rings. The molecule has 0 fully saturated rings. The second kappa shape index (κ2) is 7.04. The standard InChI is InChI=1S/C15H23N3O2S/c1-5-8-16-14-17-12(11-6-10-21-13(11)18-14)20-9-7-15(2,3)19-4/h6,10H,5,7-9H2,1-4H3,(H,16,17,18). The highest BCUT2D eigenvalue weighted by molar-refractivity contribution is 7.16. The van der Waals surface area contributed by atoms with Crippen LogP contribution in [-0.2, 0) is 4.74 Å². The first-order valence-corrected chi connectivity index (χ1v) is 8.11. The third-order valence-corrected chi connectivity index (χ3v) is 4.13. The number of aromatic nitrogens is 2. The van der Waals surface area contributed by atoms with E-state index in [1.54, 1.807) is 18.4 Å². The van der Waals surface area contributed by atoms with Gasteiger partial charge in [-0.3, -0.25) is 0 Å². The van der Waals surface area contributed by atoms with E-state index in [0.717, 1.165) is 29.6 Å². The minimum absolute atomic E-state index is 0.190. The maximum atomic E-state index is 5.87. The highest BCUT2D eigenvalue weighted by Crippen LogP contribution is 2.28. The molecule has 0 amide bonds. The molecule has 0 aliphatic heterocycles. The van der Waals surface area contributed by atoms with Gasteiger partial charge >= 0.3 is 0 Å². The monoisotopic (exact) mass is 309 g/mol. The summed E-state index contributed by atoms with van der Waals surface area (Å²) in [6.45, 7) is 7.62. The predicted molar refractivity (Wildman–Crippen MR) is 87.4 cm³/mol. The molecule has 21 heavy (non-hydrogen) atoms. The number of anilines is 1. The number of ether oxygens (including phenoxy) is 2. The van der Waals surface area contributed by atoms with Crippen molar-refractivity contribution in [1.29, 1.82) is 0 Å². The van der Waals surface area contributed by atoms with Crippen LogP contribution in [0.3, 0.4) is 0 Å². The molecule has 0 atom stereocenters. The molecule has 0 saturated heterocycles. The van der Waals surface area contributed by atoms with Crippen molar-refractivity contribution in [2.45, 2.75) is 39.2 Å². The van der Waals surface area contributed by atoms with Crippen LogP contribution in [0.15, 0.2) is 11.4 Å². The Bertz CT molecular complexity index is 583. The van der Waals surface area contributed by atoms with Crippen LogP contribution in [0.25, 0.3) is 10.2 Å². The molecule has 0 saturated carbocycles. The minimum Gasteiger partial charge on any atom is -0.477 e. The lowest BCUT2D eigenvalue weighted by Crippen LogP contribution is -2.25. The van der Waals surface area contributed by atoms with Gasteiger partial charge < -0.3 is 14.8 Å². The summed E-state index contributed by atoms with van der Waals surface area (Å²) in [4.78, 5) is 9.92. The van der Waals surface area contributed by atoms with Crippen LogP contribution in [0.1, 0.15) is 33.6 Å². The maximum Gasteiger partial charge on any atom is 0.227 e. The van der Waals surface area contributed by atoms with Crippen LogP contribution in [0.4, 0.5) is 5.95 Å². The van der Waals surface area contributed by atoms with E-state index in [1.165, 1.54) is 0 Å². The molecule has 2 rings (SSSR count). The lowest BCUT2D eigenvalue weighted by molar-refractivity contribution is 0.00523. The van der Waals surface area contributed by atoms with Crippen LogP contribution in [0.2, 0.25) is 0 Å². The van der Waals surface area contributed by atoms with Crippen molar-refractivity contribution in [3.05, 3.63) is 11.4 Å². The summed E-state index contributed by atoms with van der Waals surface area (Å²) in [6.07, 6.45) is 1.83. The molecule has 0 radical (unpaired) electrons. The lowest BCUT2D eigenvalue weighted by atomic mass is 10.1. The molecule has 0 spiro atoms. The maximum absolute atomic E-state index is 5.87. The van der Waals surface area contributed by atoms with Gasteiger partial charge in [0.1, 0.15) is 4.83 Å². The van der Waals surface area contributed by atoms with E-state index in [9.17, 15) is 0 Å². The van der Waals surface area contributed by atoms with E-state index in [0.29, 0.717) is 18.4 Å². The topological polar surface area (TPSA) is 56.3 Å². The summed E-state index contributed by atoms with van der Waals surface area (Å²) >= 11 is 1.60. The fourth-order valence-electron chi connectivity index (χ4n) is 1.75. The van der Waals surface area contributed by atoms with Gasteiger partial charge in [0.2, 0.25) is 11.8 Å². The first-order valence-electron chi connectivity index (χ1n) is 7.23. The van der Waals surface area contributed by atoms with Gasteiger partial charge in [-0.05, 0) is 31.7 Å².